The van der Waals surface area contributed by atoms with Gasteiger partial charge in [-0.05, 0) is 31.9 Å². The van der Waals surface area contributed by atoms with Crippen LogP contribution in [0, 0.1) is 23.0 Å². The standard InChI is InChI=1S/C13H14F2N2O/c1-13(18)3-2-4-17(8-13)12-10(14)5-9(7-16)6-11(12)15/h5-6,18H,2-4,8H2,1H3. The summed E-state index contributed by atoms with van der Waals surface area (Å²) in [4.78, 5) is 1.50. The van der Waals surface area contributed by atoms with E-state index in [4.69, 9.17) is 5.26 Å². The summed E-state index contributed by atoms with van der Waals surface area (Å²) in [5, 5.41) is 18.6. The van der Waals surface area contributed by atoms with Gasteiger partial charge in [0.15, 0.2) is 11.6 Å². The molecule has 2 rings (SSSR count). The minimum absolute atomic E-state index is 0.0440. The van der Waals surface area contributed by atoms with E-state index < -0.39 is 17.2 Å². The van der Waals surface area contributed by atoms with Crippen molar-refractivity contribution in [3.8, 4) is 6.07 Å². The van der Waals surface area contributed by atoms with Gasteiger partial charge < -0.3 is 10.0 Å². The van der Waals surface area contributed by atoms with Crippen LogP contribution < -0.4 is 4.90 Å². The highest BCUT2D eigenvalue weighted by molar-refractivity contribution is 5.53. The molecule has 1 aromatic rings. The van der Waals surface area contributed by atoms with Crippen LogP contribution >= 0.6 is 0 Å². The van der Waals surface area contributed by atoms with Gasteiger partial charge in [0.2, 0.25) is 0 Å². The Balaban J connectivity index is 2.37. The van der Waals surface area contributed by atoms with Crippen LogP contribution in [0.25, 0.3) is 0 Å². The maximum Gasteiger partial charge on any atom is 0.150 e. The SMILES string of the molecule is CC1(O)CCCN(c2c(F)cc(C#N)cc2F)C1. The fourth-order valence-corrected chi connectivity index (χ4v) is 2.34. The maximum atomic E-state index is 13.8. The average Bonchev–Trinajstić information content (AvgIpc) is 2.26. The first-order chi connectivity index (χ1) is 8.43. The van der Waals surface area contributed by atoms with Crippen LogP contribution in [0.1, 0.15) is 25.3 Å². The van der Waals surface area contributed by atoms with E-state index in [-0.39, 0.29) is 17.8 Å². The molecule has 1 unspecified atom stereocenters. The van der Waals surface area contributed by atoms with E-state index in [2.05, 4.69) is 0 Å². The Hall–Kier alpha value is -1.67. The number of hydrogen-bond acceptors (Lipinski definition) is 3. The highest BCUT2D eigenvalue weighted by atomic mass is 19.1. The highest BCUT2D eigenvalue weighted by Gasteiger charge is 2.31. The molecule has 1 heterocycles. The van der Waals surface area contributed by atoms with Crippen molar-refractivity contribution in [1.29, 1.82) is 5.26 Å². The minimum Gasteiger partial charge on any atom is -0.388 e. The van der Waals surface area contributed by atoms with Crippen LogP contribution in [0.5, 0.6) is 0 Å². The first kappa shape index (κ1) is 12.8. The van der Waals surface area contributed by atoms with Crippen LogP contribution in [0.15, 0.2) is 12.1 Å². The van der Waals surface area contributed by atoms with Gasteiger partial charge in [-0.2, -0.15) is 5.26 Å². The van der Waals surface area contributed by atoms with Crippen molar-refractivity contribution < 1.29 is 13.9 Å². The number of benzene rings is 1. The summed E-state index contributed by atoms with van der Waals surface area (Å²) < 4.78 is 27.6. The molecule has 1 atom stereocenters. The average molecular weight is 252 g/mol. The Morgan fingerprint density at radius 1 is 1.39 bits per heavy atom. The number of rotatable bonds is 1. The molecule has 1 fully saturated rings. The summed E-state index contributed by atoms with van der Waals surface area (Å²) in [7, 11) is 0. The Kier molecular flexibility index (Phi) is 3.22. The smallest absolute Gasteiger partial charge is 0.150 e. The third kappa shape index (κ3) is 2.44. The van der Waals surface area contributed by atoms with Gasteiger partial charge in [-0.1, -0.05) is 0 Å². The largest absolute Gasteiger partial charge is 0.388 e. The lowest BCUT2D eigenvalue weighted by molar-refractivity contribution is 0.0446. The van der Waals surface area contributed by atoms with Gasteiger partial charge in [0.1, 0.15) is 5.69 Å². The van der Waals surface area contributed by atoms with Crippen molar-refractivity contribution in [1.82, 2.24) is 0 Å². The molecule has 1 aliphatic heterocycles. The molecule has 1 aliphatic rings. The van der Waals surface area contributed by atoms with Crippen molar-refractivity contribution in [2.45, 2.75) is 25.4 Å². The zero-order valence-electron chi connectivity index (χ0n) is 10.1. The van der Waals surface area contributed by atoms with Gasteiger partial charge in [0.25, 0.3) is 0 Å². The van der Waals surface area contributed by atoms with Gasteiger partial charge in [-0.25, -0.2) is 8.78 Å². The van der Waals surface area contributed by atoms with Crippen LogP contribution in [0.2, 0.25) is 0 Å². The number of nitrogens with zero attached hydrogens (tertiary/aromatic N) is 2. The third-order valence-electron chi connectivity index (χ3n) is 3.14. The molecule has 1 aromatic carbocycles. The van der Waals surface area contributed by atoms with Gasteiger partial charge in [0.05, 0.1) is 17.2 Å². The molecule has 0 saturated carbocycles. The lowest BCUT2D eigenvalue weighted by Crippen LogP contribution is -2.46. The number of β-amino-alcohol motifs (C(OH)–C–C–N with tert-alkyl or cyclic N) is 1. The van der Waals surface area contributed by atoms with Crippen LogP contribution in [0.4, 0.5) is 14.5 Å². The Bertz CT molecular complexity index is 485. The zero-order valence-corrected chi connectivity index (χ0v) is 10.1. The number of halogens is 2. The third-order valence-corrected chi connectivity index (χ3v) is 3.14. The number of aliphatic hydroxyl groups is 1. The maximum absolute atomic E-state index is 13.8. The van der Waals surface area contributed by atoms with Crippen LogP contribution in [-0.2, 0) is 0 Å². The Morgan fingerprint density at radius 3 is 2.50 bits per heavy atom. The van der Waals surface area contributed by atoms with E-state index in [0.717, 1.165) is 12.1 Å². The quantitative estimate of drug-likeness (QED) is 0.833. The summed E-state index contributed by atoms with van der Waals surface area (Å²) in [6, 6.07) is 3.74. The summed E-state index contributed by atoms with van der Waals surface area (Å²) in [6.07, 6.45) is 1.29. The molecule has 3 nitrogen and oxygen atoms in total. The minimum atomic E-state index is -0.939. The molecule has 0 amide bonds. The summed E-state index contributed by atoms with van der Waals surface area (Å²) in [6.45, 7) is 2.33. The second-order valence-corrected chi connectivity index (χ2v) is 4.92. The van der Waals surface area contributed by atoms with Crippen molar-refractivity contribution in [3.05, 3.63) is 29.3 Å². The molecule has 96 valence electrons. The van der Waals surface area contributed by atoms with Crippen molar-refractivity contribution in [2.75, 3.05) is 18.0 Å². The summed E-state index contributed by atoms with van der Waals surface area (Å²) in [5.74, 6) is -1.52. The predicted molar refractivity (Wildman–Crippen MR) is 63.1 cm³/mol. The van der Waals surface area contributed by atoms with Crippen LogP contribution in [-0.4, -0.2) is 23.8 Å². The van der Waals surface area contributed by atoms with E-state index >= 15 is 0 Å². The summed E-state index contributed by atoms with van der Waals surface area (Å²) in [5.41, 5.74) is -1.14. The molecule has 0 aliphatic carbocycles. The van der Waals surface area contributed by atoms with E-state index in [1.165, 1.54) is 4.90 Å². The lowest BCUT2D eigenvalue weighted by Gasteiger charge is -2.38. The summed E-state index contributed by atoms with van der Waals surface area (Å²) >= 11 is 0. The molecule has 1 N–H and O–H groups in total. The van der Waals surface area contributed by atoms with Crippen molar-refractivity contribution >= 4 is 5.69 Å². The number of piperidine rings is 1. The van der Waals surface area contributed by atoms with E-state index in [1.54, 1.807) is 13.0 Å². The zero-order chi connectivity index (χ0) is 13.3. The van der Waals surface area contributed by atoms with Gasteiger partial charge in [0, 0.05) is 13.1 Å². The van der Waals surface area contributed by atoms with Gasteiger partial charge in [-0.3, -0.25) is 0 Å². The van der Waals surface area contributed by atoms with E-state index in [9.17, 15) is 13.9 Å². The van der Waals surface area contributed by atoms with Gasteiger partial charge >= 0.3 is 0 Å². The van der Waals surface area contributed by atoms with Crippen molar-refractivity contribution in [2.24, 2.45) is 0 Å². The van der Waals surface area contributed by atoms with E-state index in [0.29, 0.717) is 19.4 Å². The van der Waals surface area contributed by atoms with E-state index in [1.807, 2.05) is 0 Å². The number of anilines is 1. The molecular weight excluding hydrogens is 238 g/mol. The molecule has 5 heteroatoms. The lowest BCUT2D eigenvalue weighted by atomic mass is 9.94. The molecule has 0 aromatic heterocycles. The molecule has 18 heavy (non-hydrogen) atoms. The van der Waals surface area contributed by atoms with Gasteiger partial charge in [-0.15, -0.1) is 0 Å². The molecule has 0 bridgehead atoms. The fraction of sp³-hybridized carbons (Fsp3) is 0.462. The monoisotopic (exact) mass is 252 g/mol. The second-order valence-electron chi connectivity index (χ2n) is 4.92. The fourth-order valence-electron chi connectivity index (χ4n) is 2.34. The van der Waals surface area contributed by atoms with Crippen LogP contribution in [0.3, 0.4) is 0 Å². The number of nitriles is 1. The normalized spacial score (nSPS) is 23.8. The highest BCUT2D eigenvalue weighted by Crippen LogP contribution is 2.30. The number of hydrogen-bond donors (Lipinski definition) is 1. The predicted octanol–water partition coefficient (Wildman–Crippen LogP) is 2.19. The Morgan fingerprint density at radius 2 is 2.00 bits per heavy atom. The molecule has 0 spiro atoms. The van der Waals surface area contributed by atoms with Crippen molar-refractivity contribution in [3.63, 3.8) is 0 Å². The first-order valence-corrected chi connectivity index (χ1v) is 5.79. The Labute approximate surface area is 104 Å². The molecule has 1 saturated heterocycles. The molecule has 0 radical (unpaired) electrons. The second kappa shape index (κ2) is 4.54. The molecular formula is C13H14F2N2O. The first-order valence-electron chi connectivity index (χ1n) is 5.79. The topological polar surface area (TPSA) is 47.3 Å².